The summed E-state index contributed by atoms with van der Waals surface area (Å²) in [6, 6.07) is 28.9. The molecule has 1 saturated heterocycles. The lowest BCUT2D eigenvalue weighted by molar-refractivity contribution is -0.314. The van der Waals surface area contributed by atoms with Crippen LogP contribution in [-0.4, -0.2) is 48.9 Å². The zero-order valence-corrected chi connectivity index (χ0v) is 19.6. The van der Waals surface area contributed by atoms with E-state index in [-0.39, 0.29) is 19.8 Å². The van der Waals surface area contributed by atoms with Crippen molar-refractivity contribution in [3.63, 3.8) is 0 Å². The van der Waals surface area contributed by atoms with Gasteiger partial charge in [-0.2, -0.15) is 0 Å². The number of benzene rings is 3. The first-order valence-electron chi connectivity index (χ1n) is 11.5. The Morgan fingerprint density at radius 3 is 1.49 bits per heavy atom. The van der Waals surface area contributed by atoms with Gasteiger partial charge in [0.2, 0.25) is 0 Å². The summed E-state index contributed by atoms with van der Waals surface area (Å²) in [5.41, 5.74) is 2.82. The number of hydrogen-bond acceptors (Lipinski definition) is 6. The van der Waals surface area contributed by atoms with Crippen molar-refractivity contribution in [3.05, 3.63) is 108 Å². The molecule has 0 amide bonds. The first-order valence-corrected chi connectivity index (χ1v) is 11.5. The third kappa shape index (κ3) is 6.75. The monoisotopic (exact) mass is 478 g/mol. The second-order valence-electron chi connectivity index (χ2n) is 8.28. The normalized spacial score (nSPS) is 24.2. The Labute approximate surface area is 205 Å². The highest BCUT2D eigenvalue weighted by atomic mass is 16.7. The molecule has 0 aliphatic carbocycles. The van der Waals surface area contributed by atoms with Crippen molar-refractivity contribution in [2.45, 2.75) is 50.5 Å². The second-order valence-corrected chi connectivity index (χ2v) is 8.28. The number of hydrogen-bond donors (Lipinski definition) is 1. The molecule has 7 nitrogen and oxygen atoms in total. The molecule has 184 valence electrons. The van der Waals surface area contributed by atoms with E-state index < -0.39 is 36.7 Å². The van der Waals surface area contributed by atoms with E-state index in [0.717, 1.165) is 16.7 Å². The molecule has 35 heavy (non-hydrogen) atoms. The van der Waals surface area contributed by atoms with Crippen molar-refractivity contribution in [3.8, 4) is 0 Å². The van der Waals surface area contributed by atoms with Gasteiger partial charge in [0.25, 0.3) is 0 Å². The van der Waals surface area contributed by atoms with E-state index >= 15 is 0 Å². The van der Waals surface area contributed by atoms with Crippen molar-refractivity contribution in [1.29, 1.82) is 0 Å². The van der Waals surface area contributed by atoms with Crippen LogP contribution in [0.2, 0.25) is 0 Å². The maximum absolute atomic E-state index is 12.2. The Morgan fingerprint density at radius 2 is 1.09 bits per heavy atom. The number of methoxy groups -OCH3 is 1. The van der Waals surface area contributed by atoms with E-state index in [1.165, 1.54) is 7.11 Å². The summed E-state index contributed by atoms with van der Waals surface area (Å²) in [4.78, 5) is 12.2. The van der Waals surface area contributed by atoms with Crippen molar-refractivity contribution >= 4 is 5.97 Å². The lowest BCUT2D eigenvalue weighted by Crippen LogP contribution is -2.62. The number of ether oxygens (including phenoxy) is 5. The van der Waals surface area contributed by atoms with Crippen LogP contribution in [0.25, 0.3) is 0 Å². The average molecular weight is 479 g/mol. The quantitative estimate of drug-likeness (QED) is 0.442. The topological polar surface area (TPSA) is 83.5 Å². The third-order valence-electron chi connectivity index (χ3n) is 5.83. The van der Waals surface area contributed by atoms with Gasteiger partial charge in [-0.05, 0) is 16.7 Å². The van der Waals surface area contributed by atoms with Gasteiger partial charge in [-0.25, -0.2) is 4.79 Å². The molecular weight excluding hydrogens is 448 g/mol. The van der Waals surface area contributed by atoms with Crippen LogP contribution in [0, 0.1) is 0 Å². The number of carboxylic acids is 1. The van der Waals surface area contributed by atoms with Gasteiger partial charge in [-0.15, -0.1) is 0 Å². The maximum atomic E-state index is 12.2. The van der Waals surface area contributed by atoms with Crippen LogP contribution in [0.15, 0.2) is 91.0 Å². The molecule has 0 aromatic heterocycles. The predicted octanol–water partition coefficient (Wildman–Crippen LogP) is 4.20. The van der Waals surface area contributed by atoms with Crippen LogP contribution >= 0.6 is 0 Å². The van der Waals surface area contributed by atoms with Crippen LogP contribution in [0.1, 0.15) is 16.7 Å². The molecule has 7 heteroatoms. The molecule has 3 aromatic carbocycles. The van der Waals surface area contributed by atoms with Crippen LogP contribution in [0.3, 0.4) is 0 Å². The van der Waals surface area contributed by atoms with Gasteiger partial charge in [0, 0.05) is 7.11 Å². The van der Waals surface area contributed by atoms with E-state index in [1.807, 2.05) is 91.0 Å². The summed E-state index contributed by atoms with van der Waals surface area (Å²) in [5, 5.41) is 9.96. The Balaban J connectivity index is 1.60. The van der Waals surface area contributed by atoms with Crippen LogP contribution < -0.4 is 0 Å². The first-order chi connectivity index (χ1) is 17.2. The number of aliphatic carboxylic acids is 1. The summed E-state index contributed by atoms with van der Waals surface area (Å²) < 4.78 is 30.0. The third-order valence-corrected chi connectivity index (χ3v) is 5.83. The molecule has 0 radical (unpaired) electrons. The van der Waals surface area contributed by atoms with Crippen molar-refractivity contribution < 1.29 is 33.6 Å². The highest BCUT2D eigenvalue weighted by Crippen LogP contribution is 2.31. The maximum Gasteiger partial charge on any atom is 0.335 e. The van der Waals surface area contributed by atoms with Gasteiger partial charge >= 0.3 is 5.97 Å². The molecule has 1 aliphatic heterocycles. The van der Waals surface area contributed by atoms with Crippen molar-refractivity contribution in [1.82, 2.24) is 0 Å². The molecule has 1 N–H and O–H groups in total. The first kappa shape index (κ1) is 25.0. The Kier molecular flexibility index (Phi) is 9.00. The van der Waals surface area contributed by atoms with Gasteiger partial charge in [0.05, 0.1) is 19.8 Å². The highest BCUT2D eigenvalue weighted by Gasteiger charge is 2.51. The molecule has 5 atom stereocenters. The standard InChI is InChI=1S/C28H30O7/c1-31-28-26(34-19-22-15-9-4-10-16-22)24(33-18-21-13-7-3-8-14-21)23(25(35-28)27(29)30)32-17-20-11-5-2-6-12-20/h2-16,23-26,28H,17-19H2,1H3,(H,29,30)/t23-,24-,25-,26+,28+/m0/s1. The molecule has 0 bridgehead atoms. The van der Waals surface area contributed by atoms with Gasteiger partial charge in [0.1, 0.15) is 18.3 Å². The summed E-state index contributed by atoms with van der Waals surface area (Å²) in [6.45, 7) is 0.737. The smallest absolute Gasteiger partial charge is 0.335 e. The van der Waals surface area contributed by atoms with Crippen LogP contribution in [0.5, 0.6) is 0 Å². The Hall–Kier alpha value is -3.07. The lowest BCUT2D eigenvalue weighted by atomic mass is 9.97. The fourth-order valence-corrected chi connectivity index (χ4v) is 4.05. The molecular formula is C28H30O7. The van der Waals surface area contributed by atoms with Crippen LogP contribution in [0.4, 0.5) is 0 Å². The van der Waals surface area contributed by atoms with Crippen LogP contribution in [-0.2, 0) is 48.3 Å². The van der Waals surface area contributed by atoms with Crippen molar-refractivity contribution in [2.24, 2.45) is 0 Å². The molecule has 0 spiro atoms. The fraction of sp³-hybridized carbons (Fsp3) is 0.321. The van der Waals surface area contributed by atoms with Gasteiger partial charge in [0.15, 0.2) is 12.4 Å². The Morgan fingerprint density at radius 1 is 0.686 bits per heavy atom. The zero-order valence-electron chi connectivity index (χ0n) is 19.6. The van der Waals surface area contributed by atoms with Crippen molar-refractivity contribution in [2.75, 3.05) is 7.11 Å². The van der Waals surface area contributed by atoms with Gasteiger partial charge < -0.3 is 28.8 Å². The minimum Gasteiger partial charge on any atom is -0.479 e. The summed E-state index contributed by atoms with van der Waals surface area (Å²) in [6.07, 6.45) is -4.65. The van der Waals surface area contributed by atoms with E-state index in [0.29, 0.717) is 0 Å². The minimum atomic E-state index is -1.29. The molecule has 3 aromatic rings. The number of rotatable bonds is 11. The average Bonchev–Trinajstić information content (AvgIpc) is 2.91. The lowest BCUT2D eigenvalue weighted by Gasteiger charge is -2.44. The SMILES string of the molecule is CO[C@@H]1O[C@H](C(=O)O)[C@@H](OCc2ccccc2)[C@H](OCc2ccccc2)[C@H]1OCc1ccccc1. The fourth-order valence-electron chi connectivity index (χ4n) is 4.05. The van der Waals surface area contributed by atoms with Gasteiger partial charge in [-0.3, -0.25) is 0 Å². The molecule has 0 saturated carbocycles. The zero-order chi connectivity index (χ0) is 24.5. The van der Waals surface area contributed by atoms with E-state index in [2.05, 4.69) is 0 Å². The molecule has 0 unspecified atom stereocenters. The summed E-state index contributed by atoms with van der Waals surface area (Å²) in [7, 11) is 1.46. The van der Waals surface area contributed by atoms with E-state index in [1.54, 1.807) is 0 Å². The molecule has 1 aliphatic rings. The Bertz CT molecular complexity index is 1030. The van der Waals surface area contributed by atoms with E-state index in [9.17, 15) is 9.90 Å². The number of carboxylic acid groups (broad SMARTS) is 1. The number of carbonyl (C=O) groups is 1. The summed E-state index contributed by atoms with van der Waals surface area (Å²) >= 11 is 0. The summed E-state index contributed by atoms with van der Waals surface area (Å²) in [5.74, 6) is -1.15. The predicted molar refractivity (Wildman–Crippen MR) is 128 cm³/mol. The molecule has 4 rings (SSSR count). The van der Waals surface area contributed by atoms with Gasteiger partial charge in [-0.1, -0.05) is 91.0 Å². The highest BCUT2D eigenvalue weighted by molar-refractivity contribution is 5.73. The second kappa shape index (κ2) is 12.6. The molecule has 1 fully saturated rings. The largest absolute Gasteiger partial charge is 0.479 e. The van der Waals surface area contributed by atoms with E-state index in [4.69, 9.17) is 23.7 Å². The minimum absolute atomic E-state index is 0.201. The molecule has 1 heterocycles.